The smallest absolute Gasteiger partial charge is 0.262 e. The minimum Gasteiger partial charge on any atom is -0.490 e. The summed E-state index contributed by atoms with van der Waals surface area (Å²) in [5.74, 6) is -0.502. The molecule has 1 spiro atoms. The molecule has 0 aromatic rings. The van der Waals surface area contributed by atoms with Gasteiger partial charge in [-0.05, 0) is 19.9 Å². The Kier molecular flexibility index (Phi) is 2.80. The highest BCUT2D eigenvalue weighted by Gasteiger charge is 2.70. The van der Waals surface area contributed by atoms with E-state index in [-0.39, 0.29) is 11.5 Å². The SMILES string of the molecule is CC(C)OC1=CC(O)(C(C)(C)C)C12OCCO2. The van der Waals surface area contributed by atoms with Crippen molar-refractivity contribution < 1.29 is 19.3 Å². The summed E-state index contributed by atoms with van der Waals surface area (Å²) in [7, 11) is 0. The van der Waals surface area contributed by atoms with Gasteiger partial charge in [0.05, 0.1) is 19.3 Å². The largest absolute Gasteiger partial charge is 0.490 e. The van der Waals surface area contributed by atoms with Crippen LogP contribution in [0.3, 0.4) is 0 Å². The normalized spacial score (nSPS) is 31.6. The quantitative estimate of drug-likeness (QED) is 0.802. The van der Waals surface area contributed by atoms with Crippen LogP contribution in [-0.4, -0.2) is 35.8 Å². The van der Waals surface area contributed by atoms with Crippen molar-refractivity contribution in [2.45, 2.75) is 52.1 Å². The van der Waals surface area contributed by atoms with Crippen LogP contribution in [0.5, 0.6) is 0 Å². The minimum absolute atomic E-state index is 0.0374. The van der Waals surface area contributed by atoms with Crippen LogP contribution in [0.4, 0.5) is 0 Å². The third kappa shape index (κ3) is 1.62. The zero-order valence-corrected chi connectivity index (χ0v) is 11.2. The Morgan fingerprint density at radius 3 is 2.24 bits per heavy atom. The van der Waals surface area contributed by atoms with E-state index in [1.54, 1.807) is 6.08 Å². The van der Waals surface area contributed by atoms with Gasteiger partial charge in [0.2, 0.25) is 0 Å². The second kappa shape index (κ2) is 3.70. The average Bonchev–Trinajstić information content (AvgIpc) is 2.65. The van der Waals surface area contributed by atoms with Crippen molar-refractivity contribution in [2.24, 2.45) is 5.41 Å². The second-order valence-corrected chi connectivity index (χ2v) is 6.01. The van der Waals surface area contributed by atoms with Crippen LogP contribution >= 0.6 is 0 Å². The monoisotopic (exact) mass is 242 g/mol. The predicted molar refractivity (Wildman–Crippen MR) is 63.3 cm³/mol. The van der Waals surface area contributed by atoms with Gasteiger partial charge in [-0.1, -0.05) is 20.8 Å². The van der Waals surface area contributed by atoms with E-state index in [4.69, 9.17) is 14.2 Å². The van der Waals surface area contributed by atoms with E-state index in [1.165, 1.54) is 0 Å². The van der Waals surface area contributed by atoms with E-state index < -0.39 is 11.4 Å². The molecule has 2 aliphatic rings. The van der Waals surface area contributed by atoms with Gasteiger partial charge in [-0.2, -0.15) is 0 Å². The topological polar surface area (TPSA) is 47.9 Å². The maximum Gasteiger partial charge on any atom is 0.262 e. The molecule has 1 unspecified atom stereocenters. The van der Waals surface area contributed by atoms with Crippen molar-refractivity contribution in [3.63, 3.8) is 0 Å². The Hall–Kier alpha value is -0.580. The van der Waals surface area contributed by atoms with Crippen LogP contribution in [0.25, 0.3) is 0 Å². The molecule has 2 rings (SSSR count). The first-order chi connectivity index (χ1) is 7.73. The molecular weight excluding hydrogens is 220 g/mol. The molecule has 0 radical (unpaired) electrons. The molecule has 1 saturated heterocycles. The molecule has 0 saturated carbocycles. The molecule has 1 aliphatic heterocycles. The van der Waals surface area contributed by atoms with E-state index >= 15 is 0 Å². The molecule has 4 nitrogen and oxygen atoms in total. The second-order valence-electron chi connectivity index (χ2n) is 6.01. The Balaban J connectivity index is 2.34. The molecule has 0 aromatic heterocycles. The molecule has 4 heteroatoms. The van der Waals surface area contributed by atoms with Crippen LogP contribution in [0, 0.1) is 5.41 Å². The lowest BCUT2D eigenvalue weighted by molar-refractivity contribution is -0.301. The first-order valence-electron chi connectivity index (χ1n) is 6.13. The minimum atomic E-state index is -1.14. The van der Waals surface area contributed by atoms with Gasteiger partial charge in [0, 0.05) is 5.41 Å². The summed E-state index contributed by atoms with van der Waals surface area (Å²) in [4.78, 5) is 0. The van der Waals surface area contributed by atoms with Crippen LogP contribution in [0.1, 0.15) is 34.6 Å². The highest BCUT2D eigenvalue weighted by Crippen LogP contribution is 2.56. The fraction of sp³-hybridized carbons (Fsp3) is 0.846. The summed E-state index contributed by atoms with van der Waals surface area (Å²) in [6.45, 7) is 10.7. The fourth-order valence-electron chi connectivity index (χ4n) is 2.34. The molecule has 17 heavy (non-hydrogen) atoms. The number of hydrogen-bond acceptors (Lipinski definition) is 4. The van der Waals surface area contributed by atoms with E-state index in [9.17, 15) is 5.11 Å². The molecule has 98 valence electrons. The van der Waals surface area contributed by atoms with Crippen molar-refractivity contribution in [3.8, 4) is 0 Å². The Bertz CT molecular complexity index is 334. The molecule has 1 aliphatic carbocycles. The first kappa shape index (κ1) is 12.9. The lowest BCUT2D eigenvalue weighted by atomic mass is 9.64. The number of aliphatic hydroxyl groups is 1. The lowest BCUT2D eigenvalue weighted by Crippen LogP contribution is -2.68. The first-order valence-corrected chi connectivity index (χ1v) is 6.13. The third-order valence-corrected chi connectivity index (χ3v) is 3.37. The number of hydrogen-bond donors (Lipinski definition) is 1. The van der Waals surface area contributed by atoms with Gasteiger partial charge in [-0.25, -0.2) is 0 Å². The average molecular weight is 242 g/mol. The van der Waals surface area contributed by atoms with Crippen LogP contribution in [0.2, 0.25) is 0 Å². The molecule has 0 bridgehead atoms. The van der Waals surface area contributed by atoms with E-state index in [1.807, 2.05) is 34.6 Å². The van der Waals surface area contributed by atoms with Gasteiger partial charge < -0.3 is 19.3 Å². The van der Waals surface area contributed by atoms with Gasteiger partial charge in [-0.15, -0.1) is 0 Å². The lowest BCUT2D eigenvalue weighted by Gasteiger charge is -2.55. The molecule has 0 amide bonds. The maximum atomic E-state index is 10.8. The Morgan fingerprint density at radius 2 is 1.82 bits per heavy atom. The van der Waals surface area contributed by atoms with Crippen LogP contribution < -0.4 is 0 Å². The summed E-state index contributed by atoms with van der Waals surface area (Å²) in [5.41, 5.74) is -1.51. The molecule has 1 heterocycles. The third-order valence-electron chi connectivity index (χ3n) is 3.37. The van der Waals surface area contributed by atoms with E-state index in [2.05, 4.69) is 0 Å². The molecule has 0 aromatic carbocycles. The summed E-state index contributed by atoms with van der Waals surface area (Å²) in [5, 5.41) is 10.8. The van der Waals surface area contributed by atoms with Crippen LogP contribution in [0.15, 0.2) is 11.8 Å². The highest BCUT2D eigenvalue weighted by atomic mass is 16.8. The van der Waals surface area contributed by atoms with Crippen molar-refractivity contribution >= 4 is 0 Å². The van der Waals surface area contributed by atoms with Gasteiger partial charge >= 0.3 is 0 Å². The Labute approximate surface area is 103 Å². The van der Waals surface area contributed by atoms with Gasteiger partial charge in [0.15, 0.2) is 11.4 Å². The molecular formula is C13H22O4. The summed E-state index contributed by atoms with van der Waals surface area (Å²) in [6.07, 6.45) is 1.76. The van der Waals surface area contributed by atoms with Gasteiger partial charge in [-0.3, -0.25) is 0 Å². The molecule has 1 fully saturated rings. The van der Waals surface area contributed by atoms with Crippen molar-refractivity contribution in [2.75, 3.05) is 13.2 Å². The zero-order chi connectivity index (χ0) is 12.9. The highest BCUT2D eigenvalue weighted by molar-refractivity contribution is 5.38. The molecule has 1 N–H and O–H groups in total. The number of rotatable bonds is 2. The Morgan fingerprint density at radius 1 is 1.29 bits per heavy atom. The van der Waals surface area contributed by atoms with Crippen molar-refractivity contribution in [3.05, 3.63) is 11.8 Å². The maximum absolute atomic E-state index is 10.8. The zero-order valence-electron chi connectivity index (χ0n) is 11.2. The van der Waals surface area contributed by atoms with E-state index in [0.717, 1.165) is 0 Å². The van der Waals surface area contributed by atoms with Crippen molar-refractivity contribution in [1.29, 1.82) is 0 Å². The number of ether oxygens (including phenoxy) is 3. The predicted octanol–water partition coefficient (Wildman–Crippen LogP) is 1.83. The van der Waals surface area contributed by atoms with Crippen molar-refractivity contribution in [1.82, 2.24) is 0 Å². The summed E-state index contributed by atoms with van der Waals surface area (Å²) < 4.78 is 17.0. The summed E-state index contributed by atoms with van der Waals surface area (Å²) >= 11 is 0. The fourth-order valence-corrected chi connectivity index (χ4v) is 2.34. The van der Waals surface area contributed by atoms with Crippen LogP contribution in [-0.2, 0) is 14.2 Å². The summed E-state index contributed by atoms with van der Waals surface area (Å²) in [6, 6.07) is 0. The molecule has 1 atom stereocenters. The standard InChI is InChI=1S/C13H22O4/c1-9(2)17-10-8-12(14,11(3,4)5)13(10)15-6-7-16-13/h8-9,14H,6-7H2,1-5H3. The van der Waals surface area contributed by atoms with Gasteiger partial charge in [0.25, 0.3) is 5.79 Å². The van der Waals surface area contributed by atoms with Gasteiger partial charge in [0.1, 0.15) is 0 Å². The van der Waals surface area contributed by atoms with E-state index in [0.29, 0.717) is 19.0 Å².